The van der Waals surface area contributed by atoms with E-state index in [4.69, 9.17) is 0 Å². The van der Waals surface area contributed by atoms with E-state index in [0.29, 0.717) is 13.1 Å². The van der Waals surface area contributed by atoms with Crippen LogP contribution in [-0.4, -0.2) is 83.4 Å². The maximum Gasteiger partial charge on any atom is 0.239 e. The van der Waals surface area contributed by atoms with Gasteiger partial charge in [-0.1, -0.05) is 0 Å². The summed E-state index contributed by atoms with van der Waals surface area (Å²) in [6, 6.07) is 1.63. The minimum Gasteiger partial charge on any atom is -0.353 e. The highest BCUT2D eigenvalue weighted by atomic mass is 16.2. The van der Waals surface area contributed by atoms with Crippen LogP contribution in [0.2, 0.25) is 0 Å². The average Bonchev–Trinajstić information content (AvgIpc) is 2.68. The number of aromatic nitrogens is 2. The Morgan fingerprint density at radius 3 is 2.60 bits per heavy atom. The molecule has 0 aliphatic carbocycles. The second-order valence-corrected chi connectivity index (χ2v) is 6.94. The Morgan fingerprint density at radius 2 is 1.84 bits per heavy atom. The van der Waals surface area contributed by atoms with Crippen molar-refractivity contribution in [3.63, 3.8) is 0 Å². The van der Waals surface area contributed by atoms with Gasteiger partial charge in [0.15, 0.2) is 0 Å². The Morgan fingerprint density at radius 1 is 1.08 bits per heavy atom. The van der Waals surface area contributed by atoms with E-state index in [0.717, 1.165) is 51.5 Å². The van der Waals surface area contributed by atoms with Gasteiger partial charge in [-0.2, -0.15) is 0 Å². The number of carbonyl (C=O) groups is 2. The number of carbonyl (C=O) groups excluding carboxylic acids is 2. The lowest BCUT2D eigenvalue weighted by Gasteiger charge is -2.44. The average molecular weight is 344 g/mol. The molecule has 8 heteroatoms. The van der Waals surface area contributed by atoms with Crippen LogP contribution in [0, 0.1) is 5.92 Å². The molecule has 3 saturated heterocycles. The SMILES string of the molecule is O=C1NCCN2CCN(C(=O)C3CCN(c4ncccn4)CC3)C[C@H]12. The lowest BCUT2D eigenvalue weighted by atomic mass is 9.94. The van der Waals surface area contributed by atoms with E-state index in [-0.39, 0.29) is 23.8 Å². The molecule has 4 rings (SSSR count). The summed E-state index contributed by atoms with van der Waals surface area (Å²) in [5.74, 6) is 1.03. The van der Waals surface area contributed by atoms with E-state index in [1.807, 2.05) is 4.90 Å². The molecule has 0 saturated carbocycles. The zero-order valence-electron chi connectivity index (χ0n) is 14.3. The fourth-order valence-corrected chi connectivity index (χ4v) is 4.02. The van der Waals surface area contributed by atoms with Crippen molar-refractivity contribution in [2.75, 3.05) is 50.7 Å². The van der Waals surface area contributed by atoms with E-state index in [1.165, 1.54) is 0 Å². The molecular weight excluding hydrogens is 320 g/mol. The fraction of sp³-hybridized carbons (Fsp3) is 0.647. The number of hydrogen-bond donors (Lipinski definition) is 1. The van der Waals surface area contributed by atoms with Crippen molar-refractivity contribution < 1.29 is 9.59 Å². The number of rotatable bonds is 2. The van der Waals surface area contributed by atoms with Crippen LogP contribution in [0.1, 0.15) is 12.8 Å². The molecule has 3 aliphatic rings. The quantitative estimate of drug-likeness (QED) is 0.767. The first kappa shape index (κ1) is 16.3. The zero-order valence-corrected chi connectivity index (χ0v) is 14.3. The molecule has 1 aromatic heterocycles. The van der Waals surface area contributed by atoms with Crippen molar-refractivity contribution in [3.05, 3.63) is 18.5 Å². The van der Waals surface area contributed by atoms with Gasteiger partial charge in [-0.3, -0.25) is 14.5 Å². The fourth-order valence-electron chi connectivity index (χ4n) is 4.02. The van der Waals surface area contributed by atoms with Gasteiger partial charge in [-0.05, 0) is 18.9 Å². The molecule has 1 N–H and O–H groups in total. The van der Waals surface area contributed by atoms with Crippen molar-refractivity contribution in [2.45, 2.75) is 18.9 Å². The Labute approximate surface area is 147 Å². The number of anilines is 1. The summed E-state index contributed by atoms with van der Waals surface area (Å²) in [5, 5.41) is 2.91. The first-order chi connectivity index (χ1) is 12.2. The highest BCUT2D eigenvalue weighted by molar-refractivity contribution is 5.85. The standard InChI is InChI=1S/C17H24N6O2/c24-15-14-12-23(11-10-21(14)9-6-18-15)16(25)13-2-7-22(8-3-13)17-19-4-1-5-20-17/h1,4-5,13-14H,2-3,6-12H2,(H,18,24)/t14-/m1/s1. The monoisotopic (exact) mass is 344 g/mol. The Hall–Kier alpha value is -2.22. The van der Waals surface area contributed by atoms with Crippen LogP contribution in [0.15, 0.2) is 18.5 Å². The maximum atomic E-state index is 12.9. The molecule has 25 heavy (non-hydrogen) atoms. The van der Waals surface area contributed by atoms with Crippen LogP contribution in [0.3, 0.4) is 0 Å². The molecule has 3 aliphatic heterocycles. The number of fused-ring (bicyclic) bond motifs is 1. The Balaban J connectivity index is 1.34. The summed E-state index contributed by atoms with van der Waals surface area (Å²) < 4.78 is 0. The molecule has 2 amide bonds. The molecular formula is C17H24N6O2. The van der Waals surface area contributed by atoms with Crippen molar-refractivity contribution in [1.29, 1.82) is 0 Å². The first-order valence-corrected chi connectivity index (χ1v) is 9.05. The van der Waals surface area contributed by atoms with Gasteiger partial charge < -0.3 is 15.1 Å². The first-order valence-electron chi connectivity index (χ1n) is 9.05. The summed E-state index contributed by atoms with van der Waals surface area (Å²) in [6.45, 7) is 5.23. The van der Waals surface area contributed by atoms with E-state index in [9.17, 15) is 9.59 Å². The molecule has 134 valence electrons. The number of piperazine rings is 2. The third kappa shape index (κ3) is 3.30. The summed E-state index contributed by atoms with van der Waals surface area (Å²) >= 11 is 0. The Bertz CT molecular complexity index is 631. The molecule has 3 fully saturated rings. The predicted molar refractivity (Wildman–Crippen MR) is 91.9 cm³/mol. The molecule has 0 spiro atoms. The molecule has 4 heterocycles. The third-order valence-corrected chi connectivity index (χ3v) is 5.48. The van der Waals surface area contributed by atoms with Gasteiger partial charge in [0.1, 0.15) is 6.04 Å². The second-order valence-electron chi connectivity index (χ2n) is 6.94. The van der Waals surface area contributed by atoms with E-state index < -0.39 is 0 Å². The summed E-state index contributed by atoms with van der Waals surface area (Å²) in [4.78, 5) is 39.8. The predicted octanol–water partition coefficient (Wildman–Crippen LogP) is -0.664. The van der Waals surface area contributed by atoms with Crippen molar-refractivity contribution in [1.82, 2.24) is 25.1 Å². The number of amides is 2. The number of piperidine rings is 1. The molecule has 1 atom stereocenters. The topological polar surface area (TPSA) is 81.7 Å². The molecule has 0 unspecified atom stereocenters. The smallest absolute Gasteiger partial charge is 0.239 e. The highest BCUT2D eigenvalue weighted by Crippen LogP contribution is 2.24. The van der Waals surface area contributed by atoms with Gasteiger partial charge in [0.25, 0.3) is 0 Å². The van der Waals surface area contributed by atoms with Crippen molar-refractivity contribution in [2.24, 2.45) is 5.92 Å². The molecule has 8 nitrogen and oxygen atoms in total. The Kier molecular flexibility index (Phi) is 4.52. The minimum absolute atomic E-state index is 0.0400. The molecule has 0 radical (unpaired) electrons. The van der Waals surface area contributed by atoms with Crippen LogP contribution in [0.5, 0.6) is 0 Å². The van der Waals surface area contributed by atoms with Crippen LogP contribution >= 0.6 is 0 Å². The van der Waals surface area contributed by atoms with Gasteiger partial charge in [-0.25, -0.2) is 9.97 Å². The second kappa shape index (κ2) is 6.95. The van der Waals surface area contributed by atoms with E-state index in [2.05, 4.69) is 25.1 Å². The van der Waals surface area contributed by atoms with Gasteiger partial charge in [0, 0.05) is 64.1 Å². The minimum atomic E-state index is -0.177. The molecule has 1 aromatic rings. The molecule has 0 aromatic carbocycles. The van der Waals surface area contributed by atoms with Gasteiger partial charge in [0.05, 0.1) is 0 Å². The summed E-state index contributed by atoms with van der Waals surface area (Å²) in [6.07, 6.45) is 5.12. The lowest BCUT2D eigenvalue weighted by molar-refractivity contribution is -0.143. The van der Waals surface area contributed by atoms with E-state index in [1.54, 1.807) is 18.5 Å². The van der Waals surface area contributed by atoms with Gasteiger partial charge in [-0.15, -0.1) is 0 Å². The zero-order chi connectivity index (χ0) is 17.2. The van der Waals surface area contributed by atoms with Gasteiger partial charge in [0.2, 0.25) is 17.8 Å². The summed E-state index contributed by atoms with van der Waals surface area (Å²) in [7, 11) is 0. The van der Waals surface area contributed by atoms with Crippen molar-refractivity contribution in [3.8, 4) is 0 Å². The molecule has 0 bridgehead atoms. The lowest BCUT2D eigenvalue weighted by Crippen LogP contribution is -2.65. The van der Waals surface area contributed by atoms with Crippen LogP contribution in [-0.2, 0) is 9.59 Å². The number of hydrogen-bond acceptors (Lipinski definition) is 6. The van der Waals surface area contributed by atoms with Crippen LogP contribution in [0.25, 0.3) is 0 Å². The third-order valence-electron chi connectivity index (χ3n) is 5.48. The van der Waals surface area contributed by atoms with Crippen molar-refractivity contribution >= 4 is 17.8 Å². The normalized spacial score (nSPS) is 25.4. The summed E-state index contributed by atoms with van der Waals surface area (Å²) in [5.41, 5.74) is 0. The van der Waals surface area contributed by atoms with E-state index >= 15 is 0 Å². The number of nitrogens with one attached hydrogen (secondary N) is 1. The number of nitrogens with zero attached hydrogens (tertiary/aromatic N) is 5. The maximum absolute atomic E-state index is 12.9. The van der Waals surface area contributed by atoms with Crippen LogP contribution < -0.4 is 10.2 Å². The van der Waals surface area contributed by atoms with Crippen LogP contribution in [0.4, 0.5) is 5.95 Å². The highest BCUT2D eigenvalue weighted by Gasteiger charge is 2.38. The van der Waals surface area contributed by atoms with Gasteiger partial charge >= 0.3 is 0 Å². The largest absolute Gasteiger partial charge is 0.353 e.